The maximum absolute atomic E-state index is 13.6. The Morgan fingerprint density at radius 1 is 1.22 bits per heavy atom. The molecule has 0 fully saturated rings. The maximum Gasteiger partial charge on any atom is 0.319 e. The van der Waals surface area contributed by atoms with Crippen LogP contribution in [0.5, 0.6) is 11.9 Å². The lowest BCUT2D eigenvalue weighted by Gasteiger charge is -2.11. The molecule has 1 N–H and O–H groups in total. The van der Waals surface area contributed by atoms with E-state index in [1.807, 2.05) is 0 Å². The summed E-state index contributed by atoms with van der Waals surface area (Å²) in [5, 5.41) is 0. The van der Waals surface area contributed by atoms with Crippen LogP contribution in [-0.4, -0.2) is 32.6 Å². The highest BCUT2D eigenvalue weighted by molar-refractivity contribution is 7.91. The molecule has 0 aliphatic rings. The Hall–Kier alpha value is -2.49. The van der Waals surface area contributed by atoms with Crippen molar-refractivity contribution in [1.29, 1.82) is 0 Å². The number of anilines is 1. The van der Waals surface area contributed by atoms with Crippen LogP contribution in [0.3, 0.4) is 0 Å². The molecule has 1 aromatic heterocycles. The third-order valence-corrected chi connectivity index (χ3v) is 3.95. The Balaban J connectivity index is 2.26. The number of hydrogen-bond donors (Lipinski definition) is 1. The second-order valence-corrected chi connectivity index (χ2v) is 6.10. The number of methoxy groups -OCH3 is 2. The summed E-state index contributed by atoms with van der Waals surface area (Å²) in [6.07, 6.45) is 1.14. The Bertz CT molecular complexity index is 815. The number of nitrogens with zero attached hydrogens (tertiary/aromatic N) is 2. The summed E-state index contributed by atoms with van der Waals surface area (Å²) in [6, 6.07) is 2.56. The number of ether oxygens (including phenoxy) is 2. The quantitative estimate of drug-likeness (QED) is 0.857. The molecule has 0 spiro atoms. The molecule has 0 amide bonds. The molecule has 0 radical (unpaired) electrons. The normalized spacial score (nSPS) is 11.1. The second-order valence-electron chi connectivity index (χ2n) is 4.38. The van der Waals surface area contributed by atoms with Crippen LogP contribution in [0.15, 0.2) is 24.4 Å². The van der Waals surface area contributed by atoms with Gasteiger partial charge in [0.25, 0.3) is 0 Å². The minimum atomic E-state index is -4.04. The van der Waals surface area contributed by atoms with Gasteiger partial charge in [0.2, 0.25) is 15.9 Å². The summed E-state index contributed by atoms with van der Waals surface area (Å²) in [7, 11) is -1.41. The third-order valence-electron chi connectivity index (χ3n) is 2.73. The van der Waals surface area contributed by atoms with Gasteiger partial charge in [0.05, 0.1) is 26.2 Å². The molecule has 10 heteroatoms. The molecule has 0 saturated heterocycles. The lowest BCUT2D eigenvalue weighted by atomic mass is 10.2. The van der Waals surface area contributed by atoms with Crippen molar-refractivity contribution < 1.29 is 26.7 Å². The van der Waals surface area contributed by atoms with Crippen molar-refractivity contribution in [2.45, 2.75) is 5.75 Å². The molecule has 0 atom stereocenters. The number of nitrogens with one attached hydrogen (secondary N) is 1. The van der Waals surface area contributed by atoms with Crippen LogP contribution in [-0.2, 0) is 15.8 Å². The van der Waals surface area contributed by atoms with Crippen molar-refractivity contribution >= 4 is 15.7 Å². The third kappa shape index (κ3) is 4.25. The molecule has 23 heavy (non-hydrogen) atoms. The Morgan fingerprint density at radius 2 is 1.96 bits per heavy atom. The summed E-state index contributed by atoms with van der Waals surface area (Å²) in [6.45, 7) is 0. The number of sulfonamides is 1. The lowest BCUT2D eigenvalue weighted by molar-refractivity contribution is 0.353. The number of aromatic nitrogens is 2. The first-order valence-corrected chi connectivity index (χ1v) is 7.89. The van der Waals surface area contributed by atoms with Gasteiger partial charge in [-0.05, 0) is 18.2 Å². The molecule has 2 aromatic rings. The van der Waals surface area contributed by atoms with Crippen LogP contribution in [0.25, 0.3) is 0 Å². The zero-order valence-electron chi connectivity index (χ0n) is 12.2. The van der Waals surface area contributed by atoms with Crippen molar-refractivity contribution in [3.05, 3.63) is 41.6 Å². The molecule has 7 nitrogen and oxygen atoms in total. The standard InChI is InChI=1S/C13H13F2N3O4S/c1-21-12-11(6-16-13(17-12)22-2)18-23(19,20)7-8-5-9(14)3-4-10(8)15/h3-6,18H,7H2,1-2H3. The molecule has 2 rings (SSSR count). The van der Waals surface area contributed by atoms with Gasteiger partial charge in [0, 0.05) is 5.56 Å². The Morgan fingerprint density at radius 3 is 2.61 bits per heavy atom. The van der Waals surface area contributed by atoms with Crippen LogP contribution in [0, 0.1) is 11.6 Å². The van der Waals surface area contributed by atoms with Crippen LogP contribution in [0.4, 0.5) is 14.5 Å². The van der Waals surface area contributed by atoms with E-state index < -0.39 is 27.4 Å². The molecule has 124 valence electrons. The SMILES string of the molecule is COc1ncc(NS(=O)(=O)Cc2cc(F)ccc2F)c(OC)n1. The van der Waals surface area contributed by atoms with Crippen molar-refractivity contribution in [2.75, 3.05) is 18.9 Å². The molecular formula is C13H13F2N3O4S. The predicted molar refractivity (Wildman–Crippen MR) is 77.7 cm³/mol. The van der Waals surface area contributed by atoms with Crippen molar-refractivity contribution in [3.63, 3.8) is 0 Å². The van der Waals surface area contributed by atoms with Gasteiger partial charge < -0.3 is 9.47 Å². The summed E-state index contributed by atoms with van der Waals surface area (Å²) in [5.74, 6) is -2.39. The van der Waals surface area contributed by atoms with Crippen molar-refractivity contribution in [2.24, 2.45) is 0 Å². The molecule has 1 aromatic carbocycles. The van der Waals surface area contributed by atoms with Gasteiger partial charge in [-0.1, -0.05) is 0 Å². The van der Waals surface area contributed by atoms with Crippen LogP contribution < -0.4 is 14.2 Å². The fourth-order valence-electron chi connectivity index (χ4n) is 1.74. The summed E-state index contributed by atoms with van der Waals surface area (Å²) in [4.78, 5) is 7.57. The van der Waals surface area contributed by atoms with E-state index in [1.165, 1.54) is 14.2 Å². The van der Waals surface area contributed by atoms with Gasteiger partial charge in [-0.15, -0.1) is 0 Å². The number of hydrogen-bond acceptors (Lipinski definition) is 6. The molecule has 0 unspecified atom stereocenters. The van der Waals surface area contributed by atoms with Gasteiger partial charge in [0.15, 0.2) is 0 Å². The van der Waals surface area contributed by atoms with Crippen LogP contribution in [0.2, 0.25) is 0 Å². The Labute approximate surface area is 131 Å². The molecule has 0 saturated carbocycles. The fourth-order valence-corrected chi connectivity index (χ4v) is 2.92. The number of benzene rings is 1. The minimum Gasteiger partial charge on any atom is -0.479 e. The molecular weight excluding hydrogens is 332 g/mol. The smallest absolute Gasteiger partial charge is 0.319 e. The lowest BCUT2D eigenvalue weighted by Crippen LogP contribution is -2.17. The maximum atomic E-state index is 13.6. The van der Waals surface area contributed by atoms with E-state index in [0.717, 1.165) is 24.4 Å². The van der Waals surface area contributed by atoms with Crippen molar-refractivity contribution in [1.82, 2.24) is 9.97 Å². The van der Waals surface area contributed by atoms with E-state index >= 15 is 0 Å². The molecule has 0 aliphatic carbocycles. The average Bonchev–Trinajstić information content (AvgIpc) is 2.50. The van der Waals surface area contributed by atoms with E-state index in [9.17, 15) is 17.2 Å². The predicted octanol–water partition coefficient (Wildman–Crippen LogP) is 1.71. The first-order valence-electron chi connectivity index (χ1n) is 6.24. The molecule has 0 bridgehead atoms. The van der Waals surface area contributed by atoms with Crippen LogP contribution >= 0.6 is 0 Å². The van der Waals surface area contributed by atoms with E-state index in [1.54, 1.807) is 0 Å². The van der Waals surface area contributed by atoms with Gasteiger partial charge >= 0.3 is 6.01 Å². The van der Waals surface area contributed by atoms with E-state index in [4.69, 9.17) is 9.47 Å². The van der Waals surface area contributed by atoms with Gasteiger partial charge in [-0.2, -0.15) is 4.98 Å². The molecule has 1 heterocycles. The summed E-state index contributed by atoms with van der Waals surface area (Å²) < 4.78 is 62.8. The van der Waals surface area contributed by atoms with E-state index in [0.29, 0.717) is 0 Å². The van der Waals surface area contributed by atoms with Crippen molar-refractivity contribution in [3.8, 4) is 11.9 Å². The molecule has 0 aliphatic heterocycles. The average molecular weight is 345 g/mol. The zero-order valence-corrected chi connectivity index (χ0v) is 13.0. The van der Waals surface area contributed by atoms with Crippen LogP contribution in [0.1, 0.15) is 5.56 Å². The van der Waals surface area contributed by atoms with Gasteiger partial charge in [-0.25, -0.2) is 22.2 Å². The topological polar surface area (TPSA) is 90.4 Å². The zero-order chi connectivity index (χ0) is 17.0. The van der Waals surface area contributed by atoms with E-state index in [2.05, 4.69) is 14.7 Å². The Kier molecular flexibility index (Phi) is 4.94. The van der Waals surface area contributed by atoms with Gasteiger partial charge in [0.1, 0.15) is 17.3 Å². The highest BCUT2D eigenvalue weighted by Gasteiger charge is 2.19. The highest BCUT2D eigenvalue weighted by Crippen LogP contribution is 2.24. The highest BCUT2D eigenvalue weighted by atomic mass is 32.2. The summed E-state index contributed by atoms with van der Waals surface area (Å²) >= 11 is 0. The fraction of sp³-hybridized carbons (Fsp3) is 0.231. The summed E-state index contributed by atoms with van der Waals surface area (Å²) in [5.41, 5.74) is -0.351. The first-order chi connectivity index (χ1) is 10.8. The minimum absolute atomic E-state index is 0.0130. The first kappa shape index (κ1) is 16.9. The number of rotatable bonds is 6. The van der Waals surface area contributed by atoms with Gasteiger partial charge in [-0.3, -0.25) is 4.72 Å². The number of halogens is 2. The second kappa shape index (κ2) is 6.73. The monoisotopic (exact) mass is 345 g/mol. The largest absolute Gasteiger partial charge is 0.479 e. The van der Waals surface area contributed by atoms with E-state index in [-0.39, 0.29) is 23.1 Å².